The van der Waals surface area contributed by atoms with E-state index in [1.54, 1.807) is 0 Å². The first kappa shape index (κ1) is 15.0. The van der Waals surface area contributed by atoms with Gasteiger partial charge in [-0.3, -0.25) is 4.90 Å². The van der Waals surface area contributed by atoms with E-state index in [-0.39, 0.29) is 0 Å². The van der Waals surface area contributed by atoms with Crippen molar-refractivity contribution in [3.05, 3.63) is 0 Å². The van der Waals surface area contributed by atoms with Gasteiger partial charge in [-0.2, -0.15) is 0 Å². The minimum Gasteiger partial charge on any atom is -0.329 e. The van der Waals surface area contributed by atoms with Crippen LogP contribution in [0.3, 0.4) is 0 Å². The SMILES string of the molecule is CCC(C)CN(CC)C1(CN)CCCCCC1. The number of likely N-dealkylation sites (N-methyl/N-ethyl adjacent to an activating group) is 1. The molecule has 0 spiro atoms. The summed E-state index contributed by atoms with van der Waals surface area (Å²) in [5, 5.41) is 0. The van der Waals surface area contributed by atoms with Crippen LogP contribution < -0.4 is 5.73 Å². The second kappa shape index (κ2) is 7.38. The van der Waals surface area contributed by atoms with Gasteiger partial charge in [-0.05, 0) is 25.3 Å². The number of hydrogen-bond donors (Lipinski definition) is 1. The Morgan fingerprint density at radius 3 is 2.12 bits per heavy atom. The maximum atomic E-state index is 6.16. The third kappa shape index (κ3) is 3.96. The Balaban J connectivity index is 2.71. The summed E-state index contributed by atoms with van der Waals surface area (Å²) in [7, 11) is 0. The minimum absolute atomic E-state index is 0.314. The van der Waals surface area contributed by atoms with Gasteiger partial charge in [0.1, 0.15) is 0 Å². The molecular weight excluding hydrogens is 208 g/mol. The highest BCUT2D eigenvalue weighted by Gasteiger charge is 2.35. The fourth-order valence-corrected chi connectivity index (χ4v) is 3.20. The molecule has 0 saturated heterocycles. The number of rotatable bonds is 6. The summed E-state index contributed by atoms with van der Waals surface area (Å²) in [5.74, 6) is 0.793. The lowest BCUT2D eigenvalue weighted by Gasteiger charge is -2.44. The van der Waals surface area contributed by atoms with E-state index >= 15 is 0 Å². The average Bonchev–Trinajstić information content (AvgIpc) is 2.61. The predicted molar refractivity (Wildman–Crippen MR) is 76.2 cm³/mol. The zero-order chi connectivity index (χ0) is 12.7. The first-order valence-corrected chi connectivity index (χ1v) is 7.63. The van der Waals surface area contributed by atoms with Crippen molar-refractivity contribution in [2.45, 2.75) is 71.3 Å². The maximum Gasteiger partial charge on any atom is 0.0331 e. The van der Waals surface area contributed by atoms with Crippen LogP contribution in [0.5, 0.6) is 0 Å². The molecule has 0 aliphatic heterocycles. The summed E-state index contributed by atoms with van der Waals surface area (Å²) in [4.78, 5) is 2.69. The number of nitrogens with two attached hydrogens (primary N) is 1. The molecule has 1 atom stereocenters. The molecule has 0 radical (unpaired) electrons. The van der Waals surface area contributed by atoms with Crippen molar-refractivity contribution in [3.63, 3.8) is 0 Å². The van der Waals surface area contributed by atoms with E-state index < -0.39 is 0 Å². The molecule has 0 bridgehead atoms. The molecule has 1 unspecified atom stereocenters. The topological polar surface area (TPSA) is 29.3 Å². The normalized spacial score (nSPS) is 22.4. The van der Waals surface area contributed by atoms with Gasteiger partial charge in [-0.1, -0.05) is 52.9 Å². The molecule has 2 nitrogen and oxygen atoms in total. The molecular formula is C15H32N2. The summed E-state index contributed by atoms with van der Waals surface area (Å²) >= 11 is 0. The fourth-order valence-electron chi connectivity index (χ4n) is 3.20. The Hall–Kier alpha value is -0.0800. The highest BCUT2D eigenvalue weighted by molar-refractivity contribution is 4.93. The molecule has 1 fully saturated rings. The molecule has 0 amide bonds. The summed E-state index contributed by atoms with van der Waals surface area (Å²) in [6.07, 6.45) is 9.45. The van der Waals surface area contributed by atoms with Gasteiger partial charge >= 0.3 is 0 Å². The lowest BCUT2D eigenvalue weighted by atomic mass is 9.87. The zero-order valence-corrected chi connectivity index (χ0v) is 12.2. The fraction of sp³-hybridized carbons (Fsp3) is 1.00. The molecule has 0 aromatic rings. The molecule has 0 aromatic carbocycles. The number of hydrogen-bond acceptors (Lipinski definition) is 2. The number of nitrogens with zero attached hydrogens (tertiary/aromatic N) is 1. The Labute approximate surface area is 108 Å². The first-order chi connectivity index (χ1) is 8.18. The van der Waals surface area contributed by atoms with Gasteiger partial charge in [0.2, 0.25) is 0 Å². The predicted octanol–water partition coefficient (Wildman–Crippen LogP) is 3.41. The van der Waals surface area contributed by atoms with Crippen molar-refractivity contribution in [1.82, 2.24) is 4.90 Å². The van der Waals surface area contributed by atoms with Crippen LogP contribution in [0.2, 0.25) is 0 Å². The van der Waals surface area contributed by atoms with E-state index in [1.165, 1.54) is 51.5 Å². The van der Waals surface area contributed by atoms with Crippen LogP contribution in [0.15, 0.2) is 0 Å². The molecule has 1 rings (SSSR count). The third-order valence-electron chi connectivity index (χ3n) is 4.70. The zero-order valence-electron chi connectivity index (χ0n) is 12.2. The highest BCUT2D eigenvalue weighted by Crippen LogP contribution is 2.32. The van der Waals surface area contributed by atoms with E-state index in [4.69, 9.17) is 5.73 Å². The molecule has 102 valence electrons. The van der Waals surface area contributed by atoms with E-state index in [1.807, 2.05) is 0 Å². The summed E-state index contributed by atoms with van der Waals surface area (Å²) in [6, 6.07) is 0. The Kier molecular flexibility index (Phi) is 6.50. The van der Waals surface area contributed by atoms with Crippen molar-refractivity contribution in [3.8, 4) is 0 Å². The van der Waals surface area contributed by atoms with Crippen LogP contribution in [-0.2, 0) is 0 Å². The van der Waals surface area contributed by atoms with Gasteiger partial charge in [0.15, 0.2) is 0 Å². The molecule has 1 aliphatic rings. The average molecular weight is 240 g/mol. The van der Waals surface area contributed by atoms with Crippen molar-refractivity contribution in [2.24, 2.45) is 11.7 Å². The van der Waals surface area contributed by atoms with Crippen molar-refractivity contribution in [2.75, 3.05) is 19.6 Å². The molecule has 17 heavy (non-hydrogen) atoms. The smallest absolute Gasteiger partial charge is 0.0331 e. The first-order valence-electron chi connectivity index (χ1n) is 7.63. The quantitative estimate of drug-likeness (QED) is 0.721. The monoisotopic (exact) mass is 240 g/mol. The maximum absolute atomic E-state index is 6.16. The van der Waals surface area contributed by atoms with Crippen molar-refractivity contribution >= 4 is 0 Å². The molecule has 1 saturated carbocycles. The molecule has 1 aliphatic carbocycles. The van der Waals surface area contributed by atoms with Crippen LogP contribution >= 0.6 is 0 Å². The van der Waals surface area contributed by atoms with E-state index in [2.05, 4.69) is 25.7 Å². The van der Waals surface area contributed by atoms with Crippen molar-refractivity contribution < 1.29 is 0 Å². The molecule has 2 heteroatoms. The van der Waals surface area contributed by atoms with Crippen LogP contribution in [0, 0.1) is 5.92 Å². The van der Waals surface area contributed by atoms with Gasteiger partial charge in [0, 0.05) is 18.6 Å². The lowest BCUT2D eigenvalue weighted by molar-refractivity contribution is 0.0683. The molecule has 0 heterocycles. The van der Waals surface area contributed by atoms with Gasteiger partial charge in [-0.25, -0.2) is 0 Å². The Morgan fingerprint density at radius 2 is 1.71 bits per heavy atom. The van der Waals surface area contributed by atoms with E-state index in [0.29, 0.717) is 5.54 Å². The largest absolute Gasteiger partial charge is 0.329 e. The van der Waals surface area contributed by atoms with Gasteiger partial charge in [0.25, 0.3) is 0 Å². The summed E-state index contributed by atoms with van der Waals surface area (Å²) in [5.41, 5.74) is 6.47. The summed E-state index contributed by atoms with van der Waals surface area (Å²) < 4.78 is 0. The van der Waals surface area contributed by atoms with Crippen LogP contribution in [0.4, 0.5) is 0 Å². The Bertz CT molecular complexity index is 195. The molecule has 0 aromatic heterocycles. The summed E-state index contributed by atoms with van der Waals surface area (Å²) in [6.45, 7) is 10.2. The standard InChI is InChI=1S/C15H32N2/c1-4-14(3)12-17(5-2)15(13-16)10-8-6-7-9-11-15/h14H,4-13,16H2,1-3H3. The van der Waals surface area contributed by atoms with Crippen molar-refractivity contribution in [1.29, 1.82) is 0 Å². The third-order valence-corrected chi connectivity index (χ3v) is 4.70. The second-order valence-corrected chi connectivity index (χ2v) is 5.89. The van der Waals surface area contributed by atoms with Crippen LogP contribution in [-0.4, -0.2) is 30.1 Å². The van der Waals surface area contributed by atoms with E-state index in [9.17, 15) is 0 Å². The minimum atomic E-state index is 0.314. The Morgan fingerprint density at radius 1 is 1.12 bits per heavy atom. The van der Waals surface area contributed by atoms with Gasteiger partial charge in [-0.15, -0.1) is 0 Å². The van der Waals surface area contributed by atoms with Gasteiger partial charge < -0.3 is 5.73 Å². The van der Waals surface area contributed by atoms with Gasteiger partial charge in [0.05, 0.1) is 0 Å². The lowest BCUT2D eigenvalue weighted by Crippen LogP contribution is -2.54. The van der Waals surface area contributed by atoms with E-state index in [0.717, 1.165) is 19.0 Å². The molecule has 2 N–H and O–H groups in total. The van der Waals surface area contributed by atoms with Crippen LogP contribution in [0.1, 0.15) is 65.7 Å². The van der Waals surface area contributed by atoms with Crippen LogP contribution in [0.25, 0.3) is 0 Å². The second-order valence-electron chi connectivity index (χ2n) is 5.89. The highest BCUT2D eigenvalue weighted by atomic mass is 15.2.